The molecule has 2 aromatic rings. The van der Waals surface area contributed by atoms with E-state index in [1.54, 1.807) is 11.3 Å². The normalized spacial score (nSPS) is 12.9. The topological polar surface area (TPSA) is 50.9 Å². The number of hydrogen-bond donors (Lipinski definition) is 2. The van der Waals surface area contributed by atoms with Gasteiger partial charge in [0.25, 0.3) is 0 Å². The summed E-state index contributed by atoms with van der Waals surface area (Å²) in [7, 11) is 0. The largest absolute Gasteiger partial charge is 0.271 e. The number of nitrogens with one attached hydrogen (secondary N) is 1. The summed E-state index contributed by atoms with van der Waals surface area (Å²) in [5, 5.41) is 3.19. The van der Waals surface area contributed by atoms with Gasteiger partial charge in [-0.2, -0.15) is 0 Å². The van der Waals surface area contributed by atoms with E-state index >= 15 is 0 Å². The molecular weight excluding hydrogens is 254 g/mol. The fourth-order valence-electron chi connectivity index (χ4n) is 2.06. The van der Waals surface area contributed by atoms with Crippen molar-refractivity contribution in [3.05, 3.63) is 51.5 Å². The highest BCUT2D eigenvalue weighted by molar-refractivity contribution is 7.09. The van der Waals surface area contributed by atoms with Crippen LogP contribution in [-0.2, 0) is 6.42 Å². The van der Waals surface area contributed by atoms with Crippen molar-refractivity contribution in [2.45, 2.75) is 39.2 Å². The molecular formula is C15H21N3S. The van der Waals surface area contributed by atoms with Gasteiger partial charge in [0.05, 0.1) is 11.0 Å². The molecule has 1 atom stereocenters. The monoisotopic (exact) mass is 275 g/mol. The number of aromatic nitrogens is 1. The van der Waals surface area contributed by atoms with E-state index in [-0.39, 0.29) is 6.04 Å². The lowest BCUT2D eigenvalue weighted by Gasteiger charge is -2.16. The first-order chi connectivity index (χ1) is 9.10. The lowest BCUT2D eigenvalue weighted by atomic mass is 9.98. The Hall–Kier alpha value is -1.23. The minimum Gasteiger partial charge on any atom is -0.271 e. The van der Waals surface area contributed by atoms with E-state index in [0.717, 1.165) is 17.1 Å². The van der Waals surface area contributed by atoms with Crippen molar-refractivity contribution in [2.24, 2.45) is 5.84 Å². The molecule has 0 aliphatic heterocycles. The number of benzene rings is 1. The molecule has 1 aromatic carbocycles. The number of nitrogens with two attached hydrogens (primary N) is 1. The molecule has 0 radical (unpaired) electrons. The molecule has 4 heteroatoms. The van der Waals surface area contributed by atoms with Gasteiger partial charge in [0.1, 0.15) is 0 Å². The Morgan fingerprint density at radius 2 is 1.84 bits per heavy atom. The Kier molecular flexibility index (Phi) is 4.69. The van der Waals surface area contributed by atoms with Gasteiger partial charge < -0.3 is 0 Å². The summed E-state index contributed by atoms with van der Waals surface area (Å²) in [5.74, 6) is 6.24. The highest BCUT2D eigenvalue weighted by atomic mass is 32.1. The zero-order chi connectivity index (χ0) is 13.8. The molecule has 1 aromatic heterocycles. The molecule has 19 heavy (non-hydrogen) atoms. The Morgan fingerprint density at radius 1 is 1.21 bits per heavy atom. The van der Waals surface area contributed by atoms with Gasteiger partial charge in [-0.15, -0.1) is 11.3 Å². The molecule has 0 saturated heterocycles. The first-order valence-corrected chi connectivity index (χ1v) is 7.45. The summed E-state index contributed by atoms with van der Waals surface area (Å²) in [6.07, 6.45) is 0.829. The van der Waals surface area contributed by atoms with Crippen molar-refractivity contribution in [1.82, 2.24) is 10.4 Å². The van der Waals surface area contributed by atoms with Crippen molar-refractivity contribution >= 4 is 11.3 Å². The molecule has 3 N–H and O–H groups in total. The maximum absolute atomic E-state index is 5.68. The van der Waals surface area contributed by atoms with E-state index in [0.29, 0.717) is 5.92 Å². The summed E-state index contributed by atoms with van der Waals surface area (Å²) in [6, 6.07) is 8.78. The minimum atomic E-state index is 0.117. The Labute approximate surface area is 118 Å². The van der Waals surface area contributed by atoms with Gasteiger partial charge >= 0.3 is 0 Å². The molecule has 102 valence electrons. The van der Waals surface area contributed by atoms with Crippen LogP contribution in [0.4, 0.5) is 0 Å². The van der Waals surface area contributed by atoms with Crippen LogP contribution in [0.25, 0.3) is 0 Å². The standard InChI is InChI=1S/C15H21N3S/c1-10(2)12-4-6-13(7-5-12)14(18-16)8-15-17-11(3)9-19-15/h4-7,9-10,14,18H,8,16H2,1-3H3. The molecule has 0 fully saturated rings. The highest BCUT2D eigenvalue weighted by Gasteiger charge is 2.13. The molecule has 2 rings (SSSR count). The van der Waals surface area contributed by atoms with Crippen molar-refractivity contribution in [1.29, 1.82) is 0 Å². The van der Waals surface area contributed by atoms with E-state index in [1.165, 1.54) is 11.1 Å². The predicted molar refractivity (Wildman–Crippen MR) is 81.2 cm³/mol. The number of thiazole rings is 1. The molecule has 0 aliphatic rings. The summed E-state index contributed by atoms with van der Waals surface area (Å²) in [5.41, 5.74) is 6.53. The van der Waals surface area contributed by atoms with Gasteiger partial charge in [0.15, 0.2) is 0 Å². The van der Waals surface area contributed by atoms with Crippen LogP contribution < -0.4 is 11.3 Å². The van der Waals surface area contributed by atoms with Crippen molar-refractivity contribution < 1.29 is 0 Å². The third-order valence-corrected chi connectivity index (χ3v) is 4.24. The first kappa shape index (κ1) is 14.2. The average molecular weight is 275 g/mol. The zero-order valence-electron chi connectivity index (χ0n) is 11.7. The molecule has 3 nitrogen and oxygen atoms in total. The van der Waals surface area contributed by atoms with Crippen LogP contribution in [0.2, 0.25) is 0 Å². The van der Waals surface area contributed by atoms with Gasteiger partial charge in [0.2, 0.25) is 0 Å². The van der Waals surface area contributed by atoms with Gasteiger partial charge in [-0.1, -0.05) is 38.1 Å². The fraction of sp³-hybridized carbons (Fsp3) is 0.400. The van der Waals surface area contributed by atoms with Crippen molar-refractivity contribution in [3.63, 3.8) is 0 Å². The van der Waals surface area contributed by atoms with Crippen LogP contribution in [0.15, 0.2) is 29.6 Å². The lowest BCUT2D eigenvalue weighted by molar-refractivity contribution is 0.550. The Balaban J connectivity index is 2.12. The van der Waals surface area contributed by atoms with E-state index in [4.69, 9.17) is 5.84 Å². The molecule has 0 amide bonds. The van der Waals surface area contributed by atoms with Gasteiger partial charge in [-0.25, -0.2) is 4.98 Å². The van der Waals surface area contributed by atoms with Crippen LogP contribution in [-0.4, -0.2) is 4.98 Å². The van der Waals surface area contributed by atoms with Gasteiger partial charge in [0, 0.05) is 17.5 Å². The fourth-order valence-corrected chi connectivity index (χ4v) is 2.88. The second kappa shape index (κ2) is 6.28. The van der Waals surface area contributed by atoms with Crippen molar-refractivity contribution in [3.8, 4) is 0 Å². The van der Waals surface area contributed by atoms with E-state index in [1.807, 2.05) is 6.92 Å². The number of aryl methyl sites for hydroxylation is 1. The third kappa shape index (κ3) is 3.62. The highest BCUT2D eigenvalue weighted by Crippen LogP contribution is 2.22. The lowest BCUT2D eigenvalue weighted by Crippen LogP contribution is -2.29. The second-order valence-corrected chi connectivity index (χ2v) is 6.07. The van der Waals surface area contributed by atoms with Crippen LogP contribution in [0.1, 0.15) is 47.6 Å². The second-order valence-electron chi connectivity index (χ2n) is 5.13. The molecule has 0 spiro atoms. The molecule has 1 unspecified atom stereocenters. The summed E-state index contributed by atoms with van der Waals surface area (Å²) in [6.45, 7) is 6.42. The molecule has 0 aliphatic carbocycles. The van der Waals surface area contributed by atoms with Crippen LogP contribution in [0.3, 0.4) is 0 Å². The van der Waals surface area contributed by atoms with Gasteiger partial charge in [-0.05, 0) is 24.0 Å². The van der Waals surface area contributed by atoms with Crippen molar-refractivity contribution in [2.75, 3.05) is 0 Å². The number of hydrogen-bond acceptors (Lipinski definition) is 4. The maximum atomic E-state index is 5.68. The van der Waals surface area contributed by atoms with E-state index in [2.05, 4.69) is 53.9 Å². The van der Waals surface area contributed by atoms with Crippen LogP contribution in [0.5, 0.6) is 0 Å². The Morgan fingerprint density at radius 3 is 2.32 bits per heavy atom. The SMILES string of the molecule is Cc1csc(CC(NN)c2ccc(C(C)C)cc2)n1. The molecule has 0 bridgehead atoms. The quantitative estimate of drug-likeness (QED) is 0.650. The predicted octanol–water partition coefficient (Wildman–Crippen LogP) is 3.32. The summed E-state index contributed by atoms with van der Waals surface area (Å²) < 4.78 is 0. The zero-order valence-corrected chi connectivity index (χ0v) is 12.5. The van der Waals surface area contributed by atoms with Gasteiger partial charge in [-0.3, -0.25) is 11.3 Å². The summed E-state index contributed by atoms with van der Waals surface area (Å²) >= 11 is 1.69. The first-order valence-electron chi connectivity index (χ1n) is 6.57. The number of hydrazine groups is 1. The minimum absolute atomic E-state index is 0.117. The van der Waals surface area contributed by atoms with E-state index in [9.17, 15) is 0 Å². The van der Waals surface area contributed by atoms with Crippen LogP contribution >= 0.6 is 11.3 Å². The third-order valence-electron chi connectivity index (χ3n) is 3.25. The Bertz CT molecular complexity index is 516. The number of nitrogens with zero attached hydrogens (tertiary/aromatic N) is 1. The molecule has 1 heterocycles. The smallest absolute Gasteiger partial charge is 0.0947 e. The number of rotatable bonds is 5. The van der Waals surface area contributed by atoms with E-state index < -0.39 is 0 Å². The average Bonchev–Trinajstić information content (AvgIpc) is 2.81. The molecule has 0 saturated carbocycles. The summed E-state index contributed by atoms with van der Waals surface area (Å²) in [4.78, 5) is 4.49. The van der Waals surface area contributed by atoms with Crippen LogP contribution in [0, 0.1) is 6.92 Å². The maximum Gasteiger partial charge on any atom is 0.0947 e.